The van der Waals surface area contributed by atoms with Gasteiger partial charge < -0.3 is 0 Å². The van der Waals surface area contributed by atoms with E-state index in [4.69, 9.17) is 4.52 Å². The fourth-order valence-electron chi connectivity index (χ4n) is 4.64. The summed E-state index contributed by atoms with van der Waals surface area (Å²) in [5, 5.41) is 2.59. The van der Waals surface area contributed by atoms with Crippen LogP contribution < -0.4 is 4.52 Å². The van der Waals surface area contributed by atoms with Crippen molar-refractivity contribution in [1.82, 2.24) is 0 Å². The van der Waals surface area contributed by atoms with Crippen LogP contribution in [0.15, 0.2) is 42.5 Å². The molecule has 0 heterocycles. The van der Waals surface area contributed by atoms with Gasteiger partial charge >= 0.3 is 174 Å². The Morgan fingerprint density at radius 2 is 1.07 bits per heavy atom. The molecule has 0 saturated heterocycles. The third-order valence-corrected chi connectivity index (χ3v) is 12.9. The maximum absolute atomic E-state index is 7.44. The van der Waals surface area contributed by atoms with Gasteiger partial charge in [-0.3, -0.25) is 0 Å². The molecule has 0 atom stereocenters. The Kier molecular flexibility index (Phi) is 9.29. The average molecular weight is 403 g/mol. The fourth-order valence-corrected chi connectivity index (χ4v) is 11.5. The summed E-state index contributed by atoms with van der Waals surface area (Å²) in [6.45, 7) is 7.06. The first-order chi connectivity index (χ1) is 13.6. The van der Waals surface area contributed by atoms with Crippen LogP contribution in [0.2, 0.25) is 0 Å². The Balaban J connectivity index is 2.56. The second kappa shape index (κ2) is 11.2. The van der Waals surface area contributed by atoms with Crippen LogP contribution in [-0.4, -0.2) is 24.6 Å². The fraction of sp³-hybridized carbons (Fsp3) is 0.615. The third-order valence-electron chi connectivity index (χ3n) is 6.42. The quantitative estimate of drug-likeness (QED) is 0.287. The zero-order chi connectivity index (χ0) is 20.3. The Bertz CT molecular complexity index is 660. The Morgan fingerprint density at radius 3 is 1.57 bits per heavy atom. The Hall–Kier alpha value is -1.07. The molecule has 2 aromatic rings. The molecule has 0 spiro atoms. The number of hydrogen-bond acceptors (Lipinski definition) is 1. The van der Waals surface area contributed by atoms with Crippen LogP contribution in [0.1, 0.15) is 79.1 Å². The van der Waals surface area contributed by atoms with Crippen molar-refractivity contribution in [3.8, 4) is 5.75 Å². The summed E-state index contributed by atoms with van der Waals surface area (Å²) in [5.74, 6) is 1.15. The first kappa shape index (κ1) is 23.2. The molecule has 0 aliphatic heterocycles. The molecule has 2 aromatic carbocycles. The summed E-state index contributed by atoms with van der Waals surface area (Å²) in [7, 11) is 0. The predicted octanol–water partition coefficient (Wildman–Crippen LogP) is 8.89. The first-order valence-electron chi connectivity index (χ1n) is 11.8. The normalized spacial score (nSPS) is 13.4. The van der Waals surface area contributed by atoms with Crippen molar-refractivity contribution in [2.75, 3.05) is 24.6 Å². The van der Waals surface area contributed by atoms with Crippen molar-refractivity contribution in [2.45, 2.75) is 79.1 Å². The summed E-state index contributed by atoms with van der Waals surface area (Å²) in [6, 6.07) is 15.4. The van der Waals surface area contributed by atoms with Gasteiger partial charge in [-0.2, -0.15) is 0 Å². The van der Waals surface area contributed by atoms with E-state index in [2.05, 4.69) is 70.2 Å². The zero-order valence-electron chi connectivity index (χ0n) is 18.9. The van der Waals surface area contributed by atoms with Gasteiger partial charge in [0.1, 0.15) is 0 Å². The van der Waals surface area contributed by atoms with Crippen LogP contribution in [0.3, 0.4) is 0 Å². The van der Waals surface area contributed by atoms with Crippen molar-refractivity contribution in [3.05, 3.63) is 42.5 Å². The summed E-state index contributed by atoms with van der Waals surface area (Å²) in [6.07, 6.45) is 15.5. The minimum atomic E-state index is -2.29. The molecular formula is C26H43OP. The molecule has 0 radical (unpaired) electrons. The molecule has 0 amide bonds. The van der Waals surface area contributed by atoms with Gasteiger partial charge in [-0.25, -0.2) is 0 Å². The molecule has 28 heavy (non-hydrogen) atoms. The van der Waals surface area contributed by atoms with Crippen LogP contribution in [0, 0.1) is 0 Å². The minimum absolute atomic E-state index is 1.15. The SMILES string of the molecule is CCCCP(CCCC)(CCCC)(CCCC)Oc1cccc2ccccc12. The van der Waals surface area contributed by atoms with E-state index in [1.54, 1.807) is 0 Å². The van der Waals surface area contributed by atoms with Crippen molar-refractivity contribution in [3.63, 3.8) is 0 Å². The number of fused-ring (bicyclic) bond motifs is 1. The number of hydrogen-bond donors (Lipinski definition) is 0. The van der Waals surface area contributed by atoms with Gasteiger partial charge in [0, 0.05) is 0 Å². The van der Waals surface area contributed by atoms with Crippen LogP contribution in [-0.2, 0) is 0 Å². The molecule has 0 unspecified atom stereocenters. The molecule has 2 heteroatoms. The number of rotatable bonds is 14. The van der Waals surface area contributed by atoms with Crippen molar-refractivity contribution >= 4 is 17.6 Å². The van der Waals surface area contributed by atoms with Crippen LogP contribution in [0.5, 0.6) is 5.75 Å². The van der Waals surface area contributed by atoms with E-state index in [9.17, 15) is 0 Å². The van der Waals surface area contributed by atoms with Crippen molar-refractivity contribution in [2.24, 2.45) is 0 Å². The van der Waals surface area contributed by atoms with Gasteiger partial charge in [-0.05, 0) is 0 Å². The second-order valence-electron chi connectivity index (χ2n) is 8.74. The van der Waals surface area contributed by atoms with E-state index in [1.165, 1.54) is 86.8 Å². The second-order valence-corrected chi connectivity index (χ2v) is 14.4. The molecule has 0 saturated carbocycles. The van der Waals surface area contributed by atoms with Gasteiger partial charge in [-0.15, -0.1) is 0 Å². The van der Waals surface area contributed by atoms with E-state index in [0.717, 1.165) is 5.75 Å². The molecule has 0 aromatic heterocycles. The third kappa shape index (κ3) is 5.73. The van der Waals surface area contributed by atoms with Crippen LogP contribution >= 0.6 is 6.83 Å². The summed E-state index contributed by atoms with van der Waals surface area (Å²) < 4.78 is 7.44. The molecular weight excluding hydrogens is 359 g/mol. The number of unbranched alkanes of at least 4 members (excludes halogenated alkanes) is 4. The standard InChI is InChI=1S/C26H43OP/c1-5-9-20-28(21-10-6-2,22-11-7-3,23-12-8-4)27-26-19-15-17-24-16-13-14-18-25(24)26/h13-19H,5-12,20-23H2,1-4H3. The number of benzene rings is 2. The molecule has 0 aliphatic rings. The van der Waals surface area contributed by atoms with E-state index in [-0.39, 0.29) is 0 Å². The van der Waals surface area contributed by atoms with E-state index in [0.29, 0.717) is 0 Å². The van der Waals surface area contributed by atoms with Gasteiger partial charge in [0.05, 0.1) is 0 Å². The van der Waals surface area contributed by atoms with Crippen molar-refractivity contribution < 1.29 is 4.52 Å². The van der Waals surface area contributed by atoms with Gasteiger partial charge in [0.15, 0.2) is 0 Å². The maximum atomic E-state index is 7.44. The molecule has 0 N–H and O–H groups in total. The summed E-state index contributed by atoms with van der Waals surface area (Å²) in [4.78, 5) is 0. The van der Waals surface area contributed by atoms with Gasteiger partial charge in [0.25, 0.3) is 0 Å². The predicted molar refractivity (Wildman–Crippen MR) is 131 cm³/mol. The van der Waals surface area contributed by atoms with Gasteiger partial charge in [-0.1, -0.05) is 0 Å². The van der Waals surface area contributed by atoms with Gasteiger partial charge in [0.2, 0.25) is 0 Å². The Labute approximate surface area is 174 Å². The van der Waals surface area contributed by atoms with Crippen LogP contribution in [0.4, 0.5) is 0 Å². The van der Waals surface area contributed by atoms with E-state index in [1.807, 2.05) is 0 Å². The van der Waals surface area contributed by atoms with Crippen molar-refractivity contribution in [1.29, 1.82) is 0 Å². The van der Waals surface area contributed by atoms with E-state index < -0.39 is 6.83 Å². The Morgan fingerprint density at radius 1 is 0.607 bits per heavy atom. The molecule has 158 valence electrons. The van der Waals surface area contributed by atoms with E-state index >= 15 is 0 Å². The molecule has 2 rings (SSSR count). The zero-order valence-corrected chi connectivity index (χ0v) is 19.8. The molecule has 0 aliphatic carbocycles. The molecule has 1 nitrogen and oxygen atoms in total. The first-order valence-corrected chi connectivity index (χ1v) is 14.7. The summed E-state index contributed by atoms with van der Waals surface area (Å²) >= 11 is 0. The average Bonchev–Trinajstić information content (AvgIpc) is 2.74. The molecule has 0 bridgehead atoms. The summed E-state index contributed by atoms with van der Waals surface area (Å²) in [5.41, 5.74) is 0. The monoisotopic (exact) mass is 402 g/mol. The molecule has 0 fully saturated rings. The topological polar surface area (TPSA) is 9.23 Å². The van der Waals surface area contributed by atoms with Crippen LogP contribution in [0.25, 0.3) is 10.8 Å².